The number of hydrazone groups is 1. The molecule has 0 aromatic heterocycles. The molecule has 2 aromatic rings. The van der Waals surface area contributed by atoms with Gasteiger partial charge in [0.15, 0.2) is 0 Å². The number of unbranched alkanes of at least 4 members (excludes halogenated alkanes) is 7. The predicted octanol–water partition coefficient (Wildman–Crippen LogP) is 5.84. The van der Waals surface area contributed by atoms with E-state index in [9.17, 15) is 4.79 Å². The fourth-order valence-electron chi connectivity index (χ4n) is 3.00. The van der Waals surface area contributed by atoms with E-state index in [1.54, 1.807) is 42.6 Å². The van der Waals surface area contributed by atoms with Crippen molar-refractivity contribution >= 4 is 12.1 Å². The van der Waals surface area contributed by atoms with Crippen LogP contribution in [0.5, 0.6) is 5.75 Å². The lowest BCUT2D eigenvalue weighted by molar-refractivity contribution is 0.0955. The second kappa shape index (κ2) is 13.9. The number of nitrogens with one attached hydrogen (secondary N) is 1. The Labute approximate surface area is 179 Å². The van der Waals surface area contributed by atoms with Crippen LogP contribution in [0.25, 0.3) is 0 Å². The summed E-state index contributed by atoms with van der Waals surface area (Å²) in [6.45, 7) is 2.94. The number of ether oxygens (including phenoxy) is 1. The minimum Gasteiger partial charge on any atom is -0.494 e. The van der Waals surface area contributed by atoms with E-state index in [0.29, 0.717) is 17.7 Å². The van der Waals surface area contributed by atoms with E-state index >= 15 is 0 Å². The molecule has 0 heterocycles. The van der Waals surface area contributed by atoms with Gasteiger partial charge in [0.05, 0.1) is 24.5 Å². The number of carbonyl (C=O) groups excluding carboxylic acids is 1. The number of rotatable bonds is 13. The van der Waals surface area contributed by atoms with Gasteiger partial charge in [-0.1, -0.05) is 64.0 Å². The minimum atomic E-state index is -0.283. The molecular weight excluding hydrogens is 374 g/mol. The molecule has 1 N–H and O–H groups in total. The summed E-state index contributed by atoms with van der Waals surface area (Å²) in [5.41, 5.74) is 4.41. The van der Waals surface area contributed by atoms with E-state index in [2.05, 4.69) is 23.5 Å². The van der Waals surface area contributed by atoms with Gasteiger partial charge in [0.2, 0.25) is 0 Å². The topological polar surface area (TPSA) is 74.5 Å². The summed E-state index contributed by atoms with van der Waals surface area (Å²) in [4.78, 5) is 12.2. The second-order valence-corrected chi connectivity index (χ2v) is 7.28. The zero-order chi connectivity index (χ0) is 21.4. The lowest BCUT2D eigenvalue weighted by Crippen LogP contribution is -2.17. The molecule has 0 saturated heterocycles. The first-order valence-corrected chi connectivity index (χ1v) is 10.8. The first-order valence-electron chi connectivity index (χ1n) is 10.8. The minimum absolute atomic E-state index is 0.283. The van der Waals surface area contributed by atoms with Gasteiger partial charge < -0.3 is 4.74 Å². The Bertz CT molecular complexity index is 821. The summed E-state index contributed by atoms with van der Waals surface area (Å²) in [6.07, 6.45) is 11.7. The van der Waals surface area contributed by atoms with Crippen molar-refractivity contribution in [3.8, 4) is 11.8 Å². The molecular formula is C25H31N3O2. The van der Waals surface area contributed by atoms with Gasteiger partial charge in [-0.25, -0.2) is 5.43 Å². The van der Waals surface area contributed by atoms with Crippen molar-refractivity contribution in [1.82, 2.24) is 5.43 Å². The zero-order valence-corrected chi connectivity index (χ0v) is 17.8. The summed E-state index contributed by atoms with van der Waals surface area (Å²) in [6, 6.07) is 16.1. The van der Waals surface area contributed by atoms with E-state index in [4.69, 9.17) is 10.00 Å². The van der Waals surface area contributed by atoms with Gasteiger partial charge in [-0.15, -0.1) is 0 Å². The third-order valence-electron chi connectivity index (χ3n) is 4.80. The van der Waals surface area contributed by atoms with Crippen LogP contribution >= 0.6 is 0 Å². The van der Waals surface area contributed by atoms with Crippen LogP contribution in [0.15, 0.2) is 53.6 Å². The van der Waals surface area contributed by atoms with Crippen LogP contribution < -0.4 is 10.2 Å². The normalized spacial score (nSPS) is 10.7. The molecule has 0 bridgehead atoms. The van der Waals surface area contributed by atoms with E-state index < -0.39 is 0 Å². The average molecular weight is 406 g/mol. The Balaban J connectivity index is 1.65. The predicted molar refractivity (Wildman–Crippen MR) is 121 cm³/mol. The van der Waals surface area contributed by atoms with Gasteiger partial charge >= 0.3 is 0 Å². The van der Waals surface area contributed by atoms with Crippen LogP contribution in [0.3, 0.4) is 0 Å². The first kappa shape index (κ1) is 23.2. The summed E-state index contributed by atoms with van der Waals surface area (Å²) in [5, 5.41) is 12.7. The van der Waals surface area contributed by atoms with Crippen molar-refractivity contribution in [3.05, 3.63) is 65.2 Å². The lowest BCUT2D eigenvalue weighted by atomic mass is 10.1. The molecule has 2 aromatic carbocycles. The Morgan fingerprint density at radius 1 is 0.967 bits per heavy atom. The molecule has 0 fully saturated rings. The molecule has 0 saturated carbocycles. The fraction of sp³-hybridized carbons (Fsp3) is 0.400. The number of benzene rings is 2. The van der Waals surface area contributed by atoms with Crippen molar-refractivity contribution in [2.75, 3.05) is 6.61 Å². The van der Waals surface area contributed by atoms with Crippen molar-refractivity contribution < 1.29 is 9.53 Å². The van der Waals surface area contributed by atoms with Gasteiger partial charge in [-0.3, -0.25) is 4.79 Å². The standard InChI is InChI=1S/C25H31N3O2/c1-2-3-4-5-6-7-8-9-18-30-24-16-14-23(15-17-24)25(29)28-27-20-22-12-10-21(19-26)11-13-22/h10-17,20H,2-9,18H2,1H3,(H,28,29)/b27-20+. The maximum atomic E-state index is 12.2. The zero-order valence-electron chi connectivity index (χ0n) is 17.8. The van der Waals surface area contributed by atoms with Crippen LogP contribution in [0, 0.1) is 11.3 Å². The summed E-state index contributed by atoms with van der Waals surface area (Å²) in [7, 11) is 0. The van der Waals surface area contributed by atoms with E-state index in [-0.39, 0.29) is 5.91 Å². The van der Waals surface area contributed by atoms with E-state index in [0.717, 1.165) is 17.7 Å². The van der Waals surface area contributed by atoms with Crippen molar-refractivity contribution in [2.24, 2.45) is 5.10 Å². The highest BCUT2D eigenvalue weighted by atomic mass is 16.5. The van der Waals surface area contributed by atoms with Gasteiger partial charge in [-0.2, -0.15) is 10.4 Å². The monoisotopic (exact) mass is 405 g/mol. The Morgan fingerprint density at radius 3 is 2.23 bits per heavy atom. The highest BCUT2D eigenvalue weighted by Crippen LogP contribution is 2.14. The summed E-state index contributed by atoms with van der Waals surface area (Å²) < 4.78 is 5.76. The number of carbonyl (C=O) groups is 1. The molecule has 5 nitrogen and oxygen atoms in total. The SMILES string of the molecule is CCCCCCCCCCOc1ccc(C(=O)N/N=C/c2ccc(C#N)cc2)cc1. The van der Waals surface area contributed by atoms with Crippen molar-refractivity contribution in [1.29, 1.82) is 5.26 Å². The Hall–Kier alpha value is -3.13. The largest absolute Gasteiger partial charge is 0.494 e. The fourth-order valence-corrected chi connectivity index (χ4v) is 3.00. The van der Waals surface area contributed by atoms with E-state index in [1.807, 2.05) is 12.1 Å². The number of nitriles is 1. The second-order valence-electron chi connectivity index (χ2n) is 7.28. The third kappa shape index (κ3) is 8.91. The molecule has 0 radical (unpaired) electrons. The molecule has 5 heteroatoms. The molecule has 0 atom stereocenters. The van der Waals surface area contributed by atoms with Crippen molar-refractivity contribution in [2.45, 2.75) is 58.3 Å². The van der Waals surface area contributed by atoms with Crippen LogP contribution in [0.2, 0.25) is 0 Å². The first-order chi connectivity index (χ1) is 14.7. The molecule has 30 heavy (non-hydrogen) atoms. The number of hydrogen-bond acceptors (Lipinski definition) is 4. The maximum Gasteiger partial charge on any atom is 0.271 e. The molecule has 1 amide bonds. The molecule has 0 spiro atoms. The molecule has 0 aliphatic carbocycles. The van der Waals surface area contributed by atoms with Crippen molar-refractivity contribution in [3.63, 3.8) is 0 Å². The average Bonchev–Trinajstić information content (AvgIpc) is 2.79. The summed E-state index contributed by atoms with van der Waals surface area (Å²) in [5.74, 6) is 0.491. The lowest BCUT2D eigenvalue weighted by Gasteiger charge is -2.07. The highest BCUT2D eigenvalue weighted by molar-refractivity contribution is 5.95. The molecule has 158 valence electrons. The number of amides is 1. The maximum absolute atomic E-state index is 12.2. The van der Waals surface area contributed by atoms with E-state index in [1.165, 1.54) is 44.9 Å². The van der Waals surface area contributed by atoms with Crippen LogP contribution in [-0.2, 0) is 0 Å². The van der Waals surface area contributed by atoms with Crippen LogP contribution in [0.1, 0.15) is 79.8 Å². The van der Waals surface area contributed by atoms with Crippen LogP contribution in [-0.4, -0.2) is 18.7 Å². The number of nitrogens with zero attached hydrogens (tertiary/aromatic N) is 2. The summed E-state index contributed by atoms with van der Waals surface area (Å²) >= 11 is 0. The smallest absolute Gasteiger partial charge is 0.271 e. The Kier molecular flexibility index (Phi) is 10.8. The molecule has 0 aliphatic heterocycles. The quantitative estimate of drug-likeness (QED) is 0.258. The third-order valence-corrected chi connectivity index (χ3v) is 4.80. The van der Waals surface area contributed by atoms with Gasteiger partial charge in [0.1, 0.15) is 5.75 Å². The molecule has 0 aliphatic rings. The van der Waals surface area contributed by atoms with Gasteiger partial charge in [0, 0.05) is 5.56 Å². The Morgan fingerprint density at radius 2 is 1.60 bits per heavy atom. The molecule has 2 rings (SSSR count). The van der Waals surface area contributed by atoms with Crippen LogP contribution in [0.4, 0.5) is 0 Å². The van der Waals surface area contributed by atoms with Gasteiger partial charge in [-0.05, 0) is 48.4 Å². The molecule has 0 unspecified atom stereocenters. The van der Waals surface area contributed by atoms with Gasteiger partial charge in [0.25, 0.3) is 5.91 Å². The highest BCUT2D eigenvalue weighted by Gasteiger charge is 2.04. The number of hydrogen-bond donors (Lipinski definition) is 1.